The maximum absolute atomic E-state index is 4.24. The summed E-state index contributed by atoms with van der Waals surface area (Å²) in [7, 11) is 1.99. The average Bonchev–Trinajstić information content (AvgIpc) is 2.96. The second kappa shape index (κ2) is 4.18. The average molecular weight is 225 g/mol. The van der Waals surface area contributed by atoms with Crippen LogP contribution in [0.5, 0.6) is 0 Å². The first-order chi connectivity index (χ1) is 7.17. The Bertz CT molecular complexity index is 342. The van der Waals surface area contributed by atoms with Crippen molar-refractivity contribution < 1.29 is 0 Å². The Morgan fingerprint density at radius 3 is 2.80 bits per heavy atom. The molecule has 0 aromatic carbocycles. The SMILES string of the molecule is CSC1(CNCc2cnn(C)c2C)CC1. The van der Waals surface area contributed by atoms with Gasteiger partial charge in [0.05, 0.1) is 6.20 Å². The van der Waals surface area contributed by atoms with Crippen molar-refractivity contribution in [3.63, 3.8) is 0 Å². The molecule has 0 unspecified atom stereocenters. The number of thioether (sulfide) groups is 1. The minimum atomic E-state index is 0.552. The Labute approximate surface area is 95.6 Å². The molecule has 1 saturated carbocycles. The minimum Gasteiger partial charge on any atom is -0.311 e. The summed E-state index contributed by atoms with van der Waals surface area (Å²) in [4.78, 5) is 0. The van der Waals surface area contributed by atoms with Crippen LogP contribution in [0.25, 0.3) is 0 Å². The summed E-state index contributed by atoms with van der Waals surface area (Å²) in [6.07, 6.45) is 6.91. The highest BCUT2D eigenvalue weighted by Crippen LogP contribution is 2.46. The zero-order valence-corrected chi connectivity index (χ0v) is 10.5. The van der Waals surface area contributed by atoms with E-state index in [0.29, 0.717) is 4.75 Å². The van der Waals surface area contributed by atoms with Crippen LogP contribution < -0.4 is 5.32 Å². The van der Waals surface area contributed by atoms with E-state index in [1.54, 1.807) is 0 Å². The number of aryl methyl sites for hydroxylation is 1. The van der Waals surface area contributed by atoms with Crippen LogP contribution in [0.15, 0.2) is 6.20 Å². The van der Waals surface area contributed by atoms with Gasteiger partial charge in [0, 0.05) is 36.1 Å². The zero-order chi connectivity index (χ0) is 10.9. The van der Waals surface area contributed by atoms with E-state index < -0.39 is 0 Å². The summed E-state index contributed by atoms with van der Waals surface area (Å²) in [5.74, 6) is 0. The maximum Gasteiger partial charge on any atom is 0.0537 e. The first-order valence-corrected chi connectivity index (χ1v) is 6.63. The van der Waals surface area contributed by atoms with Crippen LogP contribution in [0.4, 0.5) is 0 Å². The second-order valence-electron chi connectivity index (χ2n) is 4.37. The molecule has 0 aliphatic heterocycles. The van der Waals surface area contributed by atoms with E-state index in [2.05, 4.69) is 23.6 Å². The number of hydrogen-bond donors (Lipinski definition) is 1. The van der Waals surface area contributed by atoms with Gasteiger partial charge in [-0.15, -0.1) is 0 Å². The Hall–Kier alpha value is -0.480. The monoisotopic (exact) mass is 225 g/mol. The third kappa shape index (κ3) is 2.37. The van der Waals surface area contributed by atoms with Crippen LogP contribution in [0.2, 0.25) is 0 Å². The predicted octanol–water partition coefficient (Wildman–Crippen LogP) is 1.71. The molecule has 0 spiro atoms. The topological polar surface area (TPSA) is 29.9 Å². The summed E-state index contributed by atoms with van der Waals surface area (Å²) in [5.41, 5.74) is 2.57. The normalized spacial score (nSPS) is 18.1. The van der Waals surface area contributed by atoms with Crippen LogP contribution >= 0.6 is 11.8 Å². The standard InChI is InChI=1S/C11H19N3S/c1-9-10(7-13-14(9)2)6-12-8-11(15-3)4-5-11/h7,12H,4-6,8H2,1-3H3. The van der Waals surface area contributed by atoms with E-state index in [9.17, 15) is 0 Å². The van der Waals surface area contributed by atoms with E-state index in [-0.39, 0.29) is 0 Å². The first-order valence-electron chi connectivity index (χ1n) is 5.40. The van der Waals surface area contributed by atoms with Crippen molar-refractivity contribution in [3.8, 4) is 0 Å². The molecule has 0 saturated heterocycles. The summed E-state index contributed by atoms with van der Waals surface area (Å²) < 4.78 is 2.48. The molecule has 1 aliphatic carbocycles. The van der Waals surface area contributed by atoms with Gasteiger partial charge >= 0.3 is 0 Å². The molecule has 1 aliphatic rings. The van der Waals surface area contributed by atoms with Crippen molar-refractivity contribution in [2.45, 2.75) is 31.1 Å². The molecule has 1 N–H and O–H groups in total. The number of aromatic nitrogens is 2. The lowest BCUT2D eigenvalue weighted by Crippen LogP contribution is -2.25. The molecule has 1 aromatic rings. The largest absolute Gasteiger partial charge is 0.311 e. The van der Waals surface area contributed by atoms with Gasteiger partial charge in [0.25, 0.3) is 0 Å². The van der Waals surface area contributed by atoms with Crippen LogP contribution in [0, 0.1) is 6.92 Å². The van der Waals surface area contributed by atoms with Gasteiger partial charge in [0.2, 0.25) is 0 Å². The fourth-order valence-electron chi connectivity index (χ4n) is 1.74. The Kier molecular flexibility index (Phi) is 3.07. The molecule has 0 bridgehead atoms. The van der Waals surface area contributed by atoms with Crippen molar-refractivity contribution in [1.82, 2.24) is 15.1 Å². The van der Waals surface area contributed by atoms with Gasteiger partial charge in [0.1, 0.15) is 0 Å². The molecule has 2 rings (SSSR count). The van der Waals surface area contributed by atoms with Crippen LogP contribution in [0.1, 0.15) is 24.1 Å². The number of hydrogen-bond acceptors (Lipinski definition) is 3. The highest BCUT2D eigenvalue weighted by atomic mass is 32.2. The predicted molar refractivity (Wildman–Crippen MR) is 65.1 cm³/mol. The van der Waals surface area contributed by atoms with Crippen molar-refractivity contribution in [3.05, 3.63) is 17.5 Å². The molecule has 0 radical (unpaired) electrons. The summed E-state index contributed by atoms with van der Waals surface area (Å²) in [5, 5.41) is 7.77. The van der Waals surface area contributed by atoms with E-state index >= 15 is 0 Å². The number of rotatable bonds is 5. The van der Waals surface area contributed by atoms with Crippen molar-refractivity contribution in [1.29, 1.82) is 0 Å². The lowest BCUT2D eigenvalue weighted by molar-refractivity contribution is 0.658. The number of nitrogens with zero attached hydrogens (tertiary/aromatic N) is 2. The molecule has 1 aromatic heterocycles. The van der Waals surface area contributed by atoms with Gasteiger partial charge in [-0.3, -0.25) is 4.68 Å². The smallest absolute Gasteiger partial charge is 0.0537 e. The molecule has 3 nitrogen and oxygen atoms in total. The highest BCUT2D eigenvalue weighted by molar-refractivity contribution is 8.00. The van der Waals surface area contributed by atoms with Gasteiger partial charge in [-0.25, -0.2) is 0 Å². The maximum atomic E-state index is 4.24. The van der Waals surface area contributed by atoms with Crippen molar-refractivity contribution >= 4 is 11.8 Å². The Morgan fingerprint density at radius 2 is 2.33 bits per heavy atom. The van der Waals surface area contributed by atoms with E-state index in [0.717, 1.165) is 13.1 Å². The van der Waals surface area contributed by atoms with Gasteiger partial charge in [-0.2, -0.15) is 16.9 Å². The lowest BCUT2D eigenvalue weighted by atomic mass is 10.2. The molecule has 84 valence electrons. The second-order valence-corrected chi connectivity index (χ2v) is 5.64. The summed E-state index contributed by atoms with van der Waals surface area (Å²) in [6.45, 7) is 4.19. The molecule has 1 fully saturated rings. The highest BCUT2D eigenvalue weighted by Gasteiger charge is 2.41. The van der Waals surface area contributed by atoms with Crippen molar-refractivity contribution in [2.24, 2.45) is 7.05 Å². The Morgan fingerprint density at radius 1 is 1.60 bits per heavy atom. The summed E-state index contributed by atoms with van der Waals surface area (Å²) in [6, 6.07) is 0. The molecule has 0 amide bonds. The van der Waals surface area contributed by atoms with Crippen LogP contribution in [-0.4, -0.2) is 27.3 Å². The lowest BCUT2D eigenvalue weighted by Gasteiger charge is -2.12. The van der Waals surface area contributed by atoms with Crippen LogP contribution in [-0.2, 0) is 13.6 Å². The van der Waals surface area contributed by atoms with Gasteiger partial charge < -0.3 is 5.32 Å². The first kappa shape index (κ1) is 11.0. The van der Waals surface area contributed by atoms with Gasteiger partial charge in [-0.05, 0) is 26.0 Å². The van der Waals surface area contributed by atoms with Gasteiger partial charge in [0.15, 0.2) is 0 Å². The molecule has 15 heavy (non-hydrogen) atoms. The van der Waals surface area contributed by atoms with Gasteiger partial charge in [-0.1, -0.05) is 0 Å². The van der Waals surface area contributed by atoms with E-state index in [1.807, 2.05) is 29.7 Å². The Balaban J connectivity index is 1.81. The fraction of sp³-hybridized carbons (Fsp3) is 0.727. The molecule has 4 heteroatoms. The third-order valence-corrected chi connectivity index (χ3v) is 4.76. The molecular weight excluding hydrogens is 206 g/mol. The van der Waals surface area contributed by atoms with Crippen LogP contribution in [0.3, 0.4) is 0 Å². The van der Waals surface area contributed by atoms with E-state index in [4.69, 9.17) is 0 Å². The zero-order valence-electron chi connectivity index (χ0n) is 9.71. The number of nitrogens with one attached hydrogen (secondary N) is 1. The molecule has 0 atom stereocenters. The fourth-order valence-corrected chi connectivity index (χ4v) is 2.49. The summed E-state index contributed by atoms with van der Waals surface area (Å²) >= 11 is 2.00. The molecular formula is C11H19N3S. The van der Waals surface area contributed by atoms with E-state index in [1.165, 1.54) is 24.1 Å². The molecule has 1 heterocycles. The quantitative estimate of drug-likeness (QED) is 0.827. The third-order valence-electron chi connectivity index (χ3n) is 3.34. The minimum absolute atomic E-state index is 0.552. The van der Waals surface area contributed by atoms with Crippen molar-refractivity contribution in [2.75, 3.05) is 12.8 Å².